The molecule has 0 fully saturated rings. The Morgan fingerprint density at radius 1 is 1.42 bits per heavy atom. The normalized spacial score (nSPS) is 10.4. The first-order chi connectivity index (χ1) is 5.79. The molecule has 0 bridgehead atoms. The highest BCUT2D eigenvalue weighted by atomic mass is 35.5. The summed E-state index contributed by atoms with van der Waals surface area (Å²) in [4.78, 5) is 14.9. The van der Waals surface area contributed by atoms with Gasteiger partial charge >= 0.3 is 0 Å². The Hall–Kier alpha value is -1.42. The summed E-state index contributed by atoms with van der Waals surface area (Å²) < 4.78 is 0. The second-order valence-corrected chi connectivity index (χ2v) is 2.62. The van der Waals surface area contributed by atoms with Crippen LogP contribution in [0, 0.1) is 0 Å². The van der Waals surface area contributed by atoms with Crippen LogP contribution in [0.3, 0.4) is 0 Å². The molecule has 0 amide bonds. The number of aromatic nitrogens is 3. The molecule has 5 heteroatoms. The molecule has 4 nitrogen and oxygen atoms in total. The summed E-state index contributed by atoms with van der Waals surface area (Å²) in [7, 11) is 0. The summed E-state index contributed by atoms with van der Waals surface area (Å²) >= 11 is 5.72. The molecule has 0 aromatic carbocycles. The van der Waals surface area contributed by atoms with Crippen LogP contribution in [0.5, 0.6) is 0 Å². The van der Waals surface area contributed by atoms with Gasteiger partial charge in [0.1, 0.15) is 0 Å². The van der Waals surface area contributed by atoms with E-state index >= 15 is 0 Å². The Morgan fingerprint density at radius 3 is 3.00 bits per heavy atom. The molecule has 0 atom stereocenters. The SMILES string of the molecule is O=c1[nH]nc(Cl)c2ccncc12. The molecule has 2 aromatic rings. The molecule has 0 radical (unpaired) electrons. The molecule has 0 saturated carbocycles. The van der Waals surface area contributed by atoms with Crippen molar-refractivity contribution in [2.75, 3.05) is 0 Å². The fraction of sp³-hybridized carbons (Fsp3) is 0. The number of H-pyrrole nitrogens is 1. The number of hydrogen-bond acceptors (Lipinski definition) is 3. The van der Waals surface area contributed by atoms with E-state index in [1.807, 2.05) is 0 Å². The van der Waals surface area contributed by atoms with Crippen LogP contribution in [0.15, 0.2) is 23.3 Å². The number of halogens is 1. The van der Waals surface area contributed by atoms with Crippen LogP contribution in [0.1, 0.15) is 0 Å². The minimum absolute atomic E-state index is 0.275. The van der Waals surface area contributed by atoms with Crippen molar-refractivity contribution in [1.82, 2.24) is 15.2 Å². The van der Waals surface area contributed by atoms with Gasteiger partial charge in [0.15, 0.2) is 5.15 Å². The van der Waals surface area contributed by atoms with Crippen LogP contribution in [-0.4, -0.2) is 15.2 Å². The zero-order chi connectivity index (χ0) is 8.55. The molecule has 0 aliphatic carbocycles. The molecule has 12 heavy (non-hydrogen) atoms. The first kappa shape index (κ1) is 7.24. The van der Waals surface area contributed by atoms with Gasteiger partial charge in [0.05, 0.1) is 5.39 Å². The van der Waals surface area contributed by atoms with Crippen LogP contribution in [0.4, 0.5) is 0 Å². The number of fused-ring (bicyclic) bond motifs is 1. The third-order valence-corrected chi connectivity index (χ3v) is 1.83. The van der Waals surface area contributed by atoms with E-state index in [-0.39, 0.29) is 10.7 Å². The molecule has 0 aliphatic rings. The van der Waals surface area contributed by atoms with Crippen molar-refractivity contribution in [3.05, 3.63) is 34.0 Å². The highest BCUT2D eigenvalue weighted by Crippen LogP contribution is 2.14. The first-order valence-electron chi connectivity index (χ1n) is 3.27. The smallest absolute Gasteiger partial charge is 0.267 e. The molecule has 2 rings (SSSR count). The van der Waals surface area contributed by atoms with E-state index in [1.54, 1.807) is 12.3 Å². The number of rotatable bonds is 0. The maximum atomic E-state index is 11.1. The van der Waals surface area contributed by atoms with Gasteiger partial charge in [0, 0.05) is 17.8 Å². The van der Waals surface area contributed by atoms with Crippen LogP contribution in [0.2, 0.25) is 5.15 Å². The van der Waals surface area contributed by atoms with Gasteiger partial charge in [-0.05, 0) is 6.07 Å². The van der Waals surface area contributed by atoms with E-state index in [0.29, 0.717) is 10.8 Å². The lowest BCUT2D eigenvalue weighted by molar-refractivity contribution is 1.01. The number of pyridine rings is 1. The summed E-state index contributed by atoms with van der Waals surface area (Å²) in [5.74, 6) is 0. The minimum Gasteiger partial charge on any atom is -0.267 e. The van der Waals surface area contributed by atoms with Crippen molar-refractivity contribution in [2.24, 2.45) is 0 Å². The maximum absolute atomic E-state index is 11.1. The van der Waals surface area contributed by atoms with Gasteiger partial charge in [-0.25, -0.2) is 5.10 Å². The average Bonchev–Trinajstić information content (AvgIpc) is 2.12. The molecular formula is C7H4ClN3O. The van der Waals surface area contributed by atoms with E-state index in [0.717, 1.165) is 0 Å². The lowest BCUT2D eigenvalue weighted by Gasteiger charge is -1.95. The zero-order valence-corrected chi connectivity index (χ0v) is 6.67. The van der Waals surface area contributed by atoms with Crippen LogP contribution >= 0.6 is 11.6 Å². The van der Waals surface area contributed by atoms with Gasteiger partial charge in [-0.3, -0.25) is 9.78 Å². The van der Waals surface area contributed by atoms with E-state index in [2.05, 4.69) is 15.2 Å². The van der Waals surface area contributed by atoms with Crippen molar-refractivity contribution >= 4 is 22.4 Å². The molecule has 0 saturated heterocycles. The molecule has 2 heterocycles. The Labute approximate surface area is 72.2 Å². The van der Waals surface area contributed by atoms with E-state index < -0.39 is 0 Å². The zero-order valence-electron chi connectivity index (χ0n) is 5.91. The van der Waals surface area contributed by atoms with Crippen molar-refractivity contribution in [2.45, 2.75) is 0 Å². The summed E-state index contributed by atoms with van der Waals surface area (Å²) in [6, 6.07) is 1.65. The Kier molecular flexibility index (Phi) is 1.55. The predicted octanol–water partition coefficient (Wildman–Crippen LogP) is 0.971. The third kappa shape index (κ3) is 0.967. The second-order valence-electron chi connectivity index (χ2n) is 2.26. The molecule has 0 unspecified atom stereocenters. The topological polar surface area (TPSA) is 58.6 Å². The Bertz CT molecular complexity index is 479. The molecule has 0 aliphatic heterocycles. The van der Waals surface area contributed by atoms with Crippen molar-refractivity contribution in [3.8, 4) is 0 Å². The highest BCUT2D eigenvalue weighted by molar-refractivity contribution is 6.34. The standard InChI is InChI=1S/C7H4ClN3O/c8-6-4-1-2-9-3-5(4)7(12)11-10-6/h1-3H,(H,11,12). The fourth-order valence-electron chi connectivity index (χ4n) is 0.976. The van der Waals surface area contributed by atoms with Crippen LogP contribution < -0.4 is 5.56 Å². The van der Waals surface area contributed by atoms with E-state index in [4.69, 9.17) is 11.6 Å². The fourth-order valence-corrected chi connectivity index (χ4v) is 1.18. The van der Waals surface area contributed by atoms with E-state index in [1.165, 1.54) is 6.20 Å². The monoisotopic (exact) mass is 181 g/mol. The number of aromatic amines is 1. The number of nitrogens with one attached hydrogen (secondary N) is 1. The minimum atomic E-state index is -0.275. The first-order valence-corrected chi connectivity index (χ1v) is 3.65. The summed E-state index contributed by atoms with van der Waals surface area (Å²) in [6.45, 7) is 0. The van der Waals surface area contributed by atoms with Crippen molar-refractivity contribution in [3.63, 3.8) is 0 Å². The largest absolute Gasteiger partial charge is 0.273 e. The number of nitrogens with zero attached hydrogens (tertiary/aromatic N) is 2. The molecule has 1 N–H and O–H groups in total. The van der Waals surface area contributed by atoms with Crippen LogP contribution in [0.25, 0.3) is 10.8 Å². The van der Waals surface area contributed by atoms with Gasteiger partial charge < -0.3 is 0 Å². The van der Waals surface area contributed by atoms with Gasteiger partial charge in [-0.1, -0.05) is 11.6 Å². The van der Waals surface area contributed by atoms with Crippen LogP contribution in [-0.2, 0) is 0 Å². The molecule has 60 valence electrons. The highest BCUT2D eigenvalue weighted by Gasteiger charge is 2.02. The summed E-state index contributed by atoms with van der Waals surface area (Å²) in [5.41, 5.74) is -0.275. The van der Waals surface area contributed by atoms with Crippen molar-refractivity contribution < 1.29 is 0 Å². The maximum Gasteiger partial charge on any atom is 0.273 e. The Morgan fingerprint density at radius 2 is 2.25 bits per heavy atom. The lowest BCUT2D eigenvalue weighted by Crippen LogP contribution is -2.08. The Balaban J connectivity index is 3.05. The summed E-state index contributed by atoms with van der Waals surface area (Å²) in [5, 5.41) is 7.23. The van der Waals surface area contributed by atoms with Crippen molar-refractivity contribution in [1.29, 1.82) is 0 Å². The van der Waals surface area contributed by atoms with Gasteiger partial charge in [0.2, 0.25) is 0 Å². The summed E-state index contributed by atoms with van der Waals surface area (Å²) in [6.07, 6.45) is 3.02. The lowest BCUT2D eigenvalue weighted by atomic mass is 10.2. The quantitative estimate of drug-likeness (QED) is 0.659. The number of hydrogen-bond donors (Lipinski definition) is 1. The average molecular weight is 182 g/mol. The van der Waals surface area contributed by atoms with E-state index in [9.17, 15) is 4.79 Å². The van der Waals surface area contributed by atoms with Gasteiger partial charge in [-0.2, -0.15) is 5.10 Å². The van der Waals surface area contributed by atoms with Gasteiger partial charge in [0.25, 0.3) is 5.56 Å². The second kappa shape index (κ2) is 2.57. The van der Waals surface area contributed by atoms with Gasteiger partial charge in [-0.15, -0.1) is 0 Å². The molecular weight excluding hydrogens is 178 g/mol. The third-order valence-electron chi connectivity index (χ3n) is 1.54. The predicted molar refractivity (Wildman–Crippen MR) is 45.2 cm³/mol. The molecule has 0 spiro atoms. The molecule has 2 aromatic heterocycles.